The van der Waals surface area contributed by atoms with Gasteiger partial charge in [0.2, 0.25) is 5.60 Å². The summed E-state index contributed by atoms with van der Waals surface area (Å²) in [6.07, 6.45) is -4.48. The Labute approximate surface area is 114 Å². The third kappa shape index (κ3) is 4.10. The molecule has 0 aliphatic rings. The minimum absolute atomic E-state index is 0.0986. The molecule has 1 aromatic carbocycles. The van der Waals surface area contributed by atoms with Crippen LogP contribution in [0.3, 0.4) is 0 Å². The molecular formula is C12H8BrF5O. The van der Waals surface area contributed by atoms with Gasteiger partial charge in [-0.3, -0.25) is 0 Å². The monoisotopic (exact) mass is 342 g/mol. The lowest BCUT2D eigenvalue weighted by atomic mass is 10.1. The average molecular weight is 343 g/mol. The Morgan fingerprint density at radius 3 is 1.95 bits per heavy atom. The van der Waals surface area contributed by atoms with Crippen LogP contribution >= 0.6 is 15.9 Å². The number of halogens is 6. The fourth-order valence-corrected chi connectivity index (χ4v) is 1.57. The first-order valence-corrected chi connectivity index (χ1v) is 5.77. The minimum atomic E-state index is -4.48. The van der Waals surface area contributed by atoms with E-state index < -0.39 is 30.7 Å². The maximum atomic E-state index is 12.8. The number of alkyl halides is 5. The Morgan fingerprint density at radius 2 is 1.58 bits per heavy atom. The molecule has 1 aromatic rings. The summed E-state index contributed by atoms with van der Waals surface area (Å²) in [5.41, 5.74) is -2.89. The molecule has 0 saturated heterocycles. The van der Waals surface area contributed by atoms with E-state index in [0.29, 0.717) is 0 Å². The van der Waals surface area contributed by atoms with Crippen molar-refractivity contribution in [1.82, 2.24) is 0 Å². The van der Waals surface area contributed by atoms with E-state index in [9.17, 15) is 22.0 Å². The molecule has 0 saturated carbocycles. The van der Waals surface area contributed by atoms with Crippen molar-refractivity contribution in [3.63, 3.8) is 0 Å². The van der Waals surface area contributed by atoms with Gasteiger partial charge < -0.3 is 4.74 Å². The van der Waals surface area contributed by atoms with Gasteiger partial charge >= 0.3 is 6.18 Å². The Bertz CT molecular complexity index is 468. The Kier molecular flexibility index (Phi) is 5.18. The van der Waals surface area contributed by atoms with Crippen LogP contribution in [-0.2, 0) is 6.18 Å². The van der Waals surface area contributed by atoms with Crippen molar-refractivity contribution in [2.24, 2.45) is 0 Å². The van der Waals surface area contributed by atoms with Gasteiger partial charge in [0.1, 0.15) is 19.1 Å². The molecule has 0 N–H and O–H groups in total. The van der Waals surface area contributed by atoms with Gasteiger partial charge in [0.05, 0.1) is 5.56 Å². The lowest BCUT2D eigenvalue weighted by Gasteiger charge is -2.23. The SMILES string of the molecule is FCC(C#CBr)(CF)Oc1ccc(C(F)(F)F)cc1. The molecule has 0 amide bonds. The standard InChI is InChI=1S/C12H8BrF5O/c13-6-5-11(7-14,8-15)19-10-3-1-9(2-4-10)12(16,17)18/h1-4H,7-8H2. The Hall–Kier alpha value is -1.29. The van der Waals surface area contributed by atoms with Crippen LogP contribution in [0.2, 0.25) is 0 Å². The highest BCUT2D eigenvalue weighted by Crippen LogP contribution is 2.31. The third-order valence-electron chi connectivity index (χ3n) is 2.20. The van der Waals surface area contributed by atoms with Crippen molar-refractivity contribution in [3.8, 4) is 16.5 Å². The molecule has 0 radical (unpaired) electrons. The summed E-state index contributed by atoms with van der Waals surface area (Å²) < 4.78 is 67.5. The van der Waals surface area contributed by atoms with Crippen LogP contribution in [0.5, 0.6) is 5.75 Å². The van der Waals surface area contributed by atoms with Gasteiger partial charge in [-0.05, 0) is 35.0 Å². The van der Waals surface area contributed by atoms with Crippen molar-refractivity contribution in [2.75, 3.05) is 13.3 Å². The van der Waals surface area contributed by atoms with Crippen LogP contribution in [0, 0.1) is 10.8 Å². The summed E-state index contributed by atoms with van der Waals surface area (Å²) in [7, 11) is 0. The summed E-state index contributed by atoms with van der Waals surface area (Å²) >= 11 is 2.69. The second-order valence-corrected chi connectivity index (χ2v) is 4.00. The maximum Gasteiger partial charge on any atom is 0.416 e. The minimum Gasteiger partial charge on any atom is -0.469 e. The van der Waals surface area contributed by atoms with Crippen molar-refractivity contribution < 1.29 is 26.7 Å². The molecule has 0 spiro atoms. The van der Waals surface area contributed by atoms with E-state index in [1.807, 2.05) is 0 Å². The molecular weight excluding hydrogens is 335 g/mol. The second kappa shape index (κ2) is 6.24. The van der Waals surface area contributed by atoms with Crippen LogP contribution in [-0.4, -0.2) is 19.0 Å². The fourth-order valence-electron chi connectivity index (χ4n) is 1.21. The van der Waals surface area contributed by atoms with E-state index in [-0.39, 0.29) is 5.75 Å². The van der Waals surface area contributed by atoms with Crippen molar-refractivity contribution in [3.05, 3.63) is 29.8 Å². The van der Waals surface area contributed by atoms with Crippen molar-refractivity contribution >= 4 is 15.9 Å². The number of ether oxygens (including phenoxy) is 1. The lowest BCUT2D eigenvalue weighted by molar-refractivity contribution is -0.137. The molecule has 0 heterocycles. The zero-order valence-corrected chi connectivity index (χ0v) is 11.0. The summed E-state index contributed by atoms with van der Waals surface area (Å²) in [6.45, 7) is -2.47. The van der Waals surface area contributed by atoms with Crippen molar-refractivity contribution in [1.29, 1.82) is 0 Å². The average Bonchev–Trinajstić information content (AvgIpc) is 2.37. The van der Waals surface area contributed by atoms with Gasteiger partial charge in [0, 0.05) is 15.9 Å². The van der Waals surface area contributed by atoms with Crippen LogP contribution in [0.4, 0.5) is 22.0 Å². The van der Waals surface area contributed by atoms with Crippen LogP contribution in [0.25, 0.3) is 0 Å². The molecule has 0 aromatic heterocycles. The van der Waals surface area contributed by atoms with Crippen LogP contribution in [0.15, 0.2) is 24.3 Å². The first-order valence-electron chi connectivity index (χ1n) is 4.98. The number of benzene rings is 1. The molecule has 1 rings (SSSR count). The Balaban J connectivity index is 2.95. The largest absolute Gasteiger partial charge is 0.469 e. The molecule has 0 atom stereocenters. The highest BCUT2D eigenvalue weighted by molar-refractivity contribution is 9.12. The predicted molar refractivity (Wildman–Crippen MR) is 63.5 cm³/mol. The molecule has 0 aliphatic carbocycles. The van der Waals surface area contributed by atoms with Gasteiger partial charge in [0.15, 0.2) is 0 Å². The molecule has 0 bridgehead atoms. The third-order valence-corrected chi connectivity index (χ3v) is 2.40. The zero-order valence-electron chi connectivity index (χ0n) is 9.40. The van der Waals surface area contributed by atoms with E-state index in [1.165, 1.54) is 0 Å². The maximum absolute atomic E-state index is 12.8. The molecule has 19 heavy (non-hydrogen) atoms. The van der Waals surface area contributed by atoms with Crippen LogP contribution < -0.4 is 4.74 Å². The summed E-state index contributed by atoms with van der Waals surface area (Å²) in [6, 6.07) is 3.49. The van der Waals surface area contributed by atoms with Gasteiger partial charge in [-0.2, -0.15) is 13.2 Å². The molecule has 0 fully saturated rings. The first kappa shape index (κ1) is 15.8. The number of hydrogen-bond donors (Lipinski definition) is 0. The summed E-state index contributed by atoms with van der Waals surface area (Å²) in [5.74, 6) is 2.06. The zero-order chi connectivity index (χ0) is 14.5. The van der Waals surface area contributed by atoms with E-state index in [0.717, 1.165) is 24.3 Å². The molecule has 1 nitrogen and oxygen atoms in total. The van der Waals surface area contributed by atoms with E-state index in [4.69, 9.17) is 4.74 Å². The fraction of sp³-hybridized carbons (Fsp3) is 0.333. The normalized spacial score (nSPS) is 11.7. The summed E-state index contributed by atoms with van der Waals surface area (Å²) in [4.78, 5) is 2.14. The smallest absolute Gasteiger partial charge is 0.416 e. The first-order chi connectivity index (χ1) is 8.87. The quantitative estimate of drug-likeness (QED) is 0.590. The van der Waals surface area contributed by atoms with Crippen molar-refractivity contribution in [2.45, 2.75) is 11.8 Å². The molecule has 0 aliphatic heterocycles. The van der Waals surface area contributed by atoms with E-state index in [2.05, 4.69) is 26.7 Å². The number of hydrogen-bond acceptors (Lipinski definition) is 1. The second-order valence-electron chi connectivity index (χ2n) is 3.61. The summed E-state index contributed by atoms with van der Waals surface area (Å²) in [5, 5.41) is 0. The molecule has 104 valence electrons. The van der Waals surface area contributed by atoms with Gasteiger partial charge in [-0.15, -0.1) is 0 Å². The molecule has 7 heteroatoms. The van der Waals surface area contributed by atoms with E-state index in [1.54, 1.807) is 0 Å². The Morgan fingerprint density at radius 1 is 1.05 bits per heavy atom. The predicted octanol–water partition coefficient (Wildman–Crippen LogP) is 4.12. The molecule has 0 unspecified atom stereocenters. The van der Waals surface area contributed by atoms with Gasteiger partial charge in [-0.25, -0.2) is 8.78 Å². The highest BCUT2D eigenvalue weighted by atomic mass is 79.9. The van der Waals surface area contributed by atoms with Gasteiger partial charge in [0.25, 0.3) is 0 Å². The van der Waals surface area contributed by atoms with Gasteiger partial charge in [-0.1, -0.05) is 0 Å². The lowest BCUT2D eigenvalue weighted by Crippen LogP contribution is -2.39. The van der Waals surface area contributed by atoms with E-state index >= 15 is 0 Å². The number of rotatable bonds is 4. The van der Waals surface area contributed by atoms with Crippen LogP contribution in [0.1, 0.15) is 5.56 Å². The topological polar surface area (TPSA) is 9.23 Å². The highest BCUT2D eigenvalue weighted by Gasteiger charge is 2.33.